The first-order valence-electron chi connectivity index (χ1n) is 8.69. The molecule has 1 aromatic heterocycles. The van der Waals surface area contributed by atoms with Crippen molar-refractivity contribution in [3.63, 3.8) is 0 Å². The molecule has 5 nitrogen and oxygen atoms in total. The summed E-state index contributed by atoms with van der Waals surface area (Å²) in [6.45, 7) is 3.40. The molecular weight excluding hydrogens is 288 g/mol. The zero-order valence-electron chi connectivity index (χ0n) is 14.2. The quantitative estimate of drug-likeness (QED) is 0.829. The smallest absolute Gasteiger partial charge is 0.234 e. The summed E-state index contributed by atoms with van der Waals surface area (Å²) in [7, 11) is 4.23. The normalized spacial score (nSPS) is 25.0. The Labute approximate surface area is 139 Å². The van der Waals surface area contributed by atoms with Gasteiger partial charge in [0.1, 0.15) is 0 Å². The molecule has 2 atom stereocenters. The van der Waals surface area contributed by atoms with Crippen molar-refractivity contribution >= 4 is 5.91 Å². The zero-order valence-corrected chi connectivity index (χ0v) is 14.2. The van der Waals surface area contributed by atoms with Gasteiger partial charge in [0.25, 0.3) is 0 Å². The third kappa shape index (κ3) is 4.52. The molecule has 1 amide bonds. The highest BCUT2D eigenvalue weighted by atomic mass is 16.2. The maximum absolute atomic E-state index is 12.0. The van der Waals surface area contributed by atoms with Crippen LogP contribution in [-0.4, -0.2) is 61.0 Å². The van der Waals surface area contributed by atoms with E-state index in [1.165, 1.54) is 24.8 Å². The SMILES string of the molecule is CN(CC(=O)NCC1CC1)C[C@@H]1CCN(C)[C@H]1c1cccnc1. The summed E-state index contributed by atoms with van der Waals surface area (Å²) >= 11 is 0. The number of likely N-dealkylation sites (N-methyl/N-ethyl adjacent to an activating group) is 1. The fourth-order valence-corrected chi connectivity index (χ4v) is 3.64. The van der Waals surface area contributed by atoms with Crippen LogP contribution in [0.1, 0.15) is 30.9 Å². The van der Waals surface area contributed by atoms with E-state index in [2.05, 4.69) is 40.3 Å². The fourth-order valence-electron chi connectivity index (χ4n) is 3.64. The van der Waals surface area contributed by atoms with Crippen molar-refractivity contribution in [2.24, 2.45) is 11.8 Å². The van der Waals surface area contributed by atoms with Gasteiger partial charge in [-0.15, -0.1) is 0 Å². The van der Waals surface area contributed by atoms with Gasteiger partial charge in [-0.1, -0.05) is 6.07 Å². The van der Waals surface area contributed by atoms with Crippen LogP contribution in [0.3, 0.4) is 0 Å². The predicted molar refractivity (Wildman–Crippen MR) is 90.9 cm³/mol. The van der Waals surface area contributed by atoms with Crippen LogP contribution in [0.15, 0.2) is 24.5 Å². The van der Waals surface area contributed by atoms with Gasteiger partial charge in [0, 0.05) is 31.5 Å². The molecule has 1 aliphatic carbocycles. The van der Waals surface area contributed by atoms with Crippen LogP contribution in [0.4, 0.5) is 0 Å². The van der Waals surface area contributed by atoms with E-state index < -0.39 is 0 Å². The molecule has 2 heterocycles. The average Bonchev–Trinajstić information content (AvgIpc) is 3.30. The van der Waals surface area contributed by atoms with Crippen molar-refractivity contribution in [1.29, 1.82) is 0 Å². The highest BCUT2D eigenvalue weighted by Gasteiger charge is 2.33. The Morgan fingerprint density at radius 2 is 2.26 bits per heavy atom. The van der Waals surface area contributed by atoms with Crippen LogP contribution in [0.25, 0.3) is 0 Å². The lowest BCUT2D eigenvalue weighted by Crippen LogP contribution is -2.39. The van der Waals surface area contributed by atoms with Crippen molar-refractivity contribution in [2.45, 2.75) is 25.3 Å². The molecule has 0 spiro atoms. The number of hydrogen-bond donors (Lipinski definition) is 1. The molecule has 3 rings (SSSR count). The van der Waals surface area contributed by atoms with Gasteiger partial charge in [0.05, 0.1) is 6.54 Å². The molecule has 1 aliphatic heterocycles. The first kappa shape index (κ1) is 16.4. The van der Waals surface area contributed by atoms with E-state index in [-0.39, 0.29) is 5.91 Å². The largest absolute Gasteiger partial charge is 0.355 e. The fraction of sp³-hybridized carbons (Fsp3) is 0.667. The van der Waals surface area contributed by atoms with Gasteiger partial charge in [-0.2, -0.15) is 0 Å². The van der Waals surface area contributed by atoms with Crippen molar-refractivity contribution in [3.05, 3.63) is 30.1 Å². The molecule has 1 saturated heterocycles. The van der Waals surface area contributed by atoms with Crippen LogP contribution in [-0.2, 0) is 4.79 Å². The Morgan fingerprint density at radius 3 is 2.96 bits per heavy atom. The van der Waals surface area contributed by atoms with Crippen LogP contribution in [0.5, 0.6) is 0 Å². The summed E-state index contributed by atoms with van der Waals surface area (Å²) in [6.07, 6.45) is 7.52. The molecule has 5 heteroatoms. The zero-order chi connectivity index (χ0) is 16.2. The lowest BCUT2D eigenvalue weighted by molar-refractivity contribution is -0.122. The molecule has 0 unspecified atom stereocenters. The molecule has 0 radical (unpaired) electrons. The summed E-state index contributed by atoms with van der Waals surface area (Å²) < 4.78 is 0. The molecule has 1 N–H and O–H groups in total. The number of carbonyl (C=O) groups is 1. The second-order valence-electron chi connectivity index (χ2n) is 7.20. The lowest BCUT2D eigenvalue weighted by atomic mass is 9.94. The second-order valence-corrected chi connectivity index (χ2v) is 7.20. The topological polar surface area (TPSA) is 48.5 Å². The Kier molecular flexibility index (Phi) is 5.28. The highest BCUT2D eigenvalue weighted by molar-refractivity contribution is 5.78. The number of likely N-dealkylation sites (tertiary alicyclic amines) is 1. The van der Waals surface area contributed by atoms with E-state index in [1.54, 1.807) is 0 Å². The number of pyridine rings is 1. The molecular formula is C18H28N4O. The Bertz CT molecular complexity index is 517. The summed E-state index contributed by atoms with van der Waals surface area (Å²) in [5.41, 5.74) is 1.28. The summed E-state index contributed by atoms with van der Waals surface area (Å²) in [6, 6.07) is 4.57. The van der Waals surface area contributed by atoms with E-state index in [1.807, 2.05) is 18.5 Å². The molecule has 23 heavy (non-hydrogen) atoms. The van der Waals surface area contributed by atoms with Gasteiger partial charge in [-0.25, -0.2) is 0 Å². The summed E-state index contributed by atoms with van der Waals surface area (Å²) in [5, 5.41) is 3.05. The molecule has 0 aromatic carbocycles. The van der Waals surface area contributed by atoms with Gasteiger partial charge in [-0.3, -0.25) is 19.6 Å². The van der Waals surface area contributed by atoms with Gasteiger partial charge >= 0.3 is 0 Å². The minimum Gasteiger partial charge on any atom is -0.355 e. The van der Waals surface area contributed by atoms with E-state index in [0.29, 0.717) is 18.5 Å². The minimum atomic E-state index is 0.156. The van der Waals surface area contributed by atoms with Crippen LogP contribution in [0, 0.1) is 11.8 Å². The number of nitrogens with one attached hydrogen (secondary N) is 1. The monoisotopic (exact) mass is 316 g/mol. The molecule has 1 aromatic rings. The summed E-state index contributed by atoms with van der Waals surface area (Å²) in [5.74, 6) is 1.44. The van der Waals surface area contributed by atoms with Gasteiger partial charge in [0.15, 0.2) is 0 Å². The summed E-state index contributed by atoms with van der Waals surface area (Å²) in [4.78, 5) is 20.8. The minimum absolute atomic E-state index is 0.156. The second kappa shape index (κ2) is 7.41. The first-order chi connectivity index (χ1) is 11.1. The Morgan fingerprint density at radius 1 is 1.43 bits per heavy atom. The molecule has 0 bridgehead atoms. The van der Waals surface area contributed by atoms with E-state index in [4.69, 9.17) is 0 Å². The van der Waals surface area contributed by atoms with Crippen LogP contribution in [0.2, 0.25) is 0 Å². The number of nitrogens with zero attached hydrogens (tertiary/aromatic N) is 3. The number of amides is 1. The van der Waals surface area contributed by atoms with E-state index >= 15 is 0 Å². The third-order valence-corrected chi connectivity index (χ3v) is 5.04. The number of aromatic nitrogens is 1. The third-order valence-electron chi connectivity index (χ3n) is 5.04. The molecule has 126 valence electrons. The Hall–Kier alpha value is -1.46. The van der Waals surface area contributed by atoms with E-state index in [9.17, 15) is 4.79 Å². The van der Waals surface area contributed by atoms with Crippen LogP contribution < -0.4 is 5.32 Å². The Balaban J connectivity index is 1.52. The number of rotatable bonds is 7. The average molecular weight is 316 g/mol. The van der Waals surface area contributed by atoms with Crippen molar-refractivity contribution in [3.8, 4) is 0 Å². The van der Waals surface area contributed by atoms with Crippen molar-refractivity contribution < 1.29 is 4.79 Å². The number of carbonyl (C=O) groups excluding carboxylic acids is 1. The van der Waals surface area contributed by atoms with Gasteiger partial charge in [0.2, 0.25) is 5.91 Å². The maximum Gasteiger partial charge on any atom is 0.234 e. The molecule has 1 saturated carbocycles. The van der Waals surface area contributed by atoms with Crippen LogP contribution >= 0.6 is 0 Å². The first-order valence-corrected chi connectivity index (χ1v) is 8.69. The van der Waals surface area contributed by atoms with Crippen molar-refractivity contribution in [1.82, 2.24) is 20.1 Å². The molecule has 2 fully saturated rings. The van der Waals surface area contributed by atoms with Gasteiger partial charge in [-0.05, 0) is 63.4 Å². The lowest BCUT2D eigenvalue weighted by Gasteiger charge is -2.28. The standard InChI is InChI=1S/C18H28N4O/c1-21(13-17(23)20-10-14-5-6-14)12-16-7-9-22(2)18(16)15-4-3-8-19-11-15/h3-4,8,11,14,16,18H,5-7,9-10,12-13H2,1-2H3,(H,20,23)/t16-,18-/m0/s1. The predicted octanol–water partition coefficient (Wildman–Crippen LogP) is 1.53. The highest BCUT2D eigenvalue weighted by Crippen LogP contribution is 2.36. The number of hydrogen-bond acceptors (Lipinski definition) is 4. The van der Waals surface area contributed by atoms with E-state index in [0.717, 1.165) is 25.6 Å². The maximum atomic E-state index is 12.0. The van der Waals surface area contributed by atoms with Gasteiger partial charge < -0.3 is 5.32 Å². The molecule has 2 aliphatic rings. The van der Waals surface area contributed by atoms with Crippen molar-refractivity contribution in [2.75, 3.05) is 40.3 Å².